The average Bonchev–Trinajstić information content (AvgIpc) is 2.99. The predicted molar refractivity (Wildman–Crippen MR) is 77.6 cm³/mol. The van der Waals surface area contributed by atoms with Crippen LogP contribution >= 0.6 is 0 Å². The maximum atomic E-state index is 13.3. The van der Waals surface area contributed by atoms with E-state index in [4.69, 9.17) is 4.74 Å². The van der Waals surface area contributed by atoms with Crippen LogP contribution in [0.4, 0.5) is 4.39 Å². The lowest BCUT2D eigenvalue weighted by molar-refractivity contribution is 0.104. The van der Waals surface area contributed by atoms with E-state index in [1.165, 1.54) is 6.07 Å². The molecule has 0 radical (unpaired) electrons. The van der Waals surface area contributed by atoms with Crippen molar-refractivity contribution in [1.29, 1.82) is 0 Å². The van der Waals surface area contributed by atoms with E-state index in [0.717, 1.165) is 19.5 Å². The van der Waals surface area contributed by atoms with Crippen molar-refractivity contribution in [3.05, 3.63) is 48.5 Å². The van der Waals surface area contributed by atoms with Crippen LogP contribution in [0.2, 0.25) is 0 Å². The molecule has 0 fully saturated rings. The molecule has 2 rings (SSSR count). The predicted octanol–water partition coefficient (Wildman–Crippen LogP) is 1.44. The van der Waals surface area contributed by atoms with E-state index in [9.17, 15) is 9.50 Å². The Kier molecular flexibility index (Phi) is 6.18. The van der Waals surface area contributed by atoms with Gasteiger partial charge in [-0.1, -0.05) is 12.1 Å². The summed E-state index contributed by atoms with van der Waals surface area (Å²) in [6.45, 7) is 2.08. The molecule has 0 spiro atoms. The molecule has 21 heavy (non-hydrogen) atoms. The highest BCUT2D eigenvalue weighted by Crippen LogP contribution is 2.15. The fraction of sp³-hybridized carbons (Fsp3) is 0.400. The summed E-state index contributed by atoms with van der Waals surface area (Å²) in [6, 6.07) is 8.05. The Morgan fingerprint density at radius 1 is 1.33 bits per heavy atom. The molecule has 2 aromatic rings. The topological polar surface area (TPSA) is 59.3 Å². The highest BCUT2D eigenvalue weighted by Gasteiger charge is 2.07. The fourth-order valence-electron chi connectivity index (χ4n) is 1.87. The molecule has 0 aliphatic rings. The van der Waals surface area contributed by atoms with Gasteiger partial charge in [0.1, 0.15) is 12.7 Å². The molecule has 1 aromatic heterocycles. The van der Waals surface area contributed by atoms with Crippen LogP contribution in [0.5, 0.6) is 5.75 Å². The molecule has 2 N–H and O–H groups in total. The SMILES string of the molecule is OC(CNCCCn1cccn1)COc1ccccc1F. The van der Waals surface area contributed by atoms with Gasteiger partial charge in [-0.2, -0.15) is 5.10 Å². The number of halogens is 1. The lowest BCUT2D eigenvalue weighted by Gasteiger charge is -2.13. The summed E-state index contributed by atoms with van der Waals surface area (Å²) in [7, 11) is 0. The number of aryl methyl sites for hydroxylation is 1. The smallest absolute Gasteiger partial charge is 0.165 e. The van der Waals surface area contributed by atoms with Crippen molar-refractivity contribution in [2.24, 2.45) is 0 Å². The van der Waals surface area contributed by atoms with Crippen molar-refractivity contribution in [1.82, 2.24) is 15.1 Å². The van der Waals surface area contributed by atoms with Crippen LogP contribution in [0, 0.1) is 5.82 Å². The van der Waals surface area contributed by atoms with Crippen molar-refractivity contribution in [2.75, 3.05) is 19.7 Å². The molecule has 1 aromatic carbocycles. The number of benzene rings is 1. The first-order chi connectivity index (χ1) is 10.3. The van der Waals surface area contributed by atoms with Gasteiger partial charge in [0, 0.05) is 25.5 Å². The maximum absolute atomic E-state index is 13.3. The van der Waals surface area contributed by atoms with Gasteiger partial charge in [-0.15, -0.1) is 0 Å². The van der Waals surface area contributed by atoms with Crippen LogP contribution in [-0.4, -0.2) is 40.7 Å². The van der Waals surface area contributed by atoms with Crippen molar-refractivity contribution in [3.63, 3.8) is 0 Å². The standard InChI is InChI=1S/C15H20FN3O2/c16-14-5-1-2-6-15(14)21-12-13(20)11-17-7-3-9-19-10-4-8-18-19/h1-2,4-6,8,10,13,17,20H,3,7,9,11-12H2. The first-order valence-electron chi connectivity index (χ1n) is 6.99. The second-order valence-corrected chi connectivity index (χ2v) is 4.72. The van der Waals surface area contributed by atoms with Gasteiger partial charge in [-0.3, -0.25) is 4.68 Å². The molecular weight excluding hydrogens is 273 g/mol. The Morgan fingerprint density at radius 3 is 2.95 bits per heavy atom. The molecule has 6 heteroatoms. The Morgan fingerprint density at radius 2 is 2.19 bits per heavy atom. The van der Waals surface area contributed by atoms with Gasteiger partial charge in [0.2, 0.25) is 0 Å². The number of rotatable bonds is 9. The lowest BCUT2D eigenvalue weighted by atomic mass is 10.3. The average molecular weight is 293 g/mol. The molecule has 0 aliphatic heterocycles. The van der Waals surface area contributed by atoms with E-state index >= 15 is 0 Å². The number of hydrogen-bond acceptors (Lipinski definition) is 4. The molecule has 0 saturated carbocycles. The van der Waals surface area contributed by atoms with E-state index in [2.05, 4.69) is 10.4 Å². The van der Waals surface area contributed by atoms with Crippen molar-refractivity contribution in [3.8, 4) is 5.75 Å². The fourth-order valence-corrected chi connectivity index (χ4v) is 1.87. The van der Waals surface area contributed by atoms with Crippen LogP contribution in [-0.2, 0) is 6.54 Å². The zero-order valence-corrected chi connectivity index (χ0v) is 11.8. The summed E-state index contributed by atoms with van der Waals surface area (Å²) < 4.78 is 20.4. The number of hydrogen-bond donors (Lipinski definition) is 2. The van der Waals surface area contributed by atoms with E-state index in [0.29, 0.717) is 6.54 Å². The van der Waals surface area contributed by atoms with Crippen molar-refractivity contribution < 1.29 is 14.2 Å². The molecule has 1 unspecified atom stereocenters. The second kappa shape index (κ2) is 8.39. The quantitative estimate of drug-likeness (QED) is 0.687. The third-order valence-electron chi connectivity index (χ3n) is 2.95. The van der Waals surface area contributed by atoms with Crippen LogP contribution in [0.1, 0.15) is 6.42 Å². The van der Waals surface area contributed by atoms with Crippen molar-refractivity contribution in [2.45, 2.75) is 19.1 Å². The zero-order chi connectivity index (χ0) is 14.9. The maximum Gasteiger partial charge on any atom is 0.165 e. The number of nitrogens with zero attached hydrogens (tertiary/aromatic N) is 2. The van der Waals surface area contributed by atoms with Gasteiger partial charge < -0.3 is 15.2 Å². The summed E-state index contributed by atoms with van der Waals surface area (Å²) in [6.07, 6.45) is 3.91. The van der Waals surface area contributed by atoms with E-state index in [1.807, 2.05) is 16.9 Å². The summed E-state index contributed by atoms with van der Waals surface area (Å²) in [5, 5.41) is 17.0. The Hall–Kier alpha value is -1.92. The van der Waals surface area contributed by atoms with Gasteiger partial charge in [-0.05, 0) is 31.2 Å². The molecule has 0 bridgehead atoms. The summed E-state index contributed by atoms with van der Waals surface area (Å²) in [4.78, 5) is 0. The van der Waals surface area contributed by atoms with Gasteiger partial charge in [0.25, 0.3) is 0 Å². The van der Waals surface area contributed by atoms with E-state index in [1.54, 1.807) is 24.4 Å². The molecule has 5 nitrogen and oxygen atoms in total. The van der Waals surface area contributed by atoms with Gasteiger partial charge in [0.05, 0.1) is 0 Å². The van der Waals surface area contributed by atoms with Gasteiger partial charge in [0.15, 0.2) is 11.6 Å². The van der Waals surface area contributed by atoms with Crippen LogP contribution in [0.25, 0.3) is 0 Å². The lowest BCUT2D eigenvalue weighted by Crippen LogP contribution is -2.32. The first kappa shape index (κ1) is 15.5. The minimum atomic E-state index is -0.672. The minimum absolute atomic E-state index is 0.0626. The van der Waals surface area contributed by atoms with E-state index < -0.39 is 11.9 Å². The highest BCUT2D eigenvalue weighted by molar-refractivity contribution is 5.23. The number of nitrogens with one attached hydrogen (secondary N) is 1. The third-order valence-corrected chi connectivity index (χ3v) is 2.95. The Balaban J connectivity index is 1.55. The number of aliphatic hydroxyl groups is 1. The molecule has 0 aliphatic carbocycles. The largest absolute Gasteiger partial charge is 0.488 e. The van der Waals surface area contributed by atoms with Crippen molar-refractivity contribution >= 4 is 0 Å². The molecule has 114 valence electrons. The summed E-state index contributed by atoms with van der Waals surface area (Å²) in [5.41, 5.74) is 0. The molecular formula is C15H20FN3O2. The molecule has 0 amide bonds. The summed E-state index contributed by atoms with van der Waals surface area (Å²) >= 11 is 0. The van der Waals surface area contributed by atoms with Crippen LogP contribution < -0.4 is 10.1 Å². The number of aliphatic hydroxyl groups excluding tert-OH is 1. The molecule has 1 heterocycles. The van der Waals surface area contributed by atoms with Gasteiger partial charge >= 0.3 is 0 Å². The normalized spacial score (nSPS) is 12.3. The van der Waals surface area contributed by atoms with Crippen LogP contribution in [0.3, 0.4) is 0 Å². The van der Waals surface area contributed by atoms with Gasteiger partial charge in [-0.25, -0.2) is 4.39 Å². The minimum Gasteiger partial charge on any atom is -0.488 e. The monoisotopic (exact) mass is 293 g/mol. The van der Waals surface area contributed by atoms with Crippen LogP contribution in [0.15, 0.2) is 42.7 Å². The molecule has 1 atom stereocenters. The third kappa shape index (κ3) is 5.53. The van der Waals surface area contributed by atoms with E-state index in [-0.39, 0.29) is 12.4 Å². The summed E-state index contributed by atoms with van der Waals surface area (Å²) in [5.74, 6) is -0.257. The zero-order valence-electron chi connectivity index (χ0n) is 11.8. The second-order valence-electron chi connectivity index (χ2n) is 4.72. The first-order valence-corrected chi connectivity index (χ1v) is 6.99. The highest BCUT2D eigenvalue weighted by atomic mass is 19.1. The Bertz CT molecular complexity index is 519. The number of para-hydroxylation sites is 1. The number of ether oxygens (including phenoxy) is 1. The molecule has 0 saturated heterocycles. The Labute approximate surface area is 123 Å². The number of aromatic nitrogens is 2.